The molecule has 10 heteroatoms. The number of rotatable bonds is 7. The van der Waals surface area contributed by atoms with Crippen molar-refractivity contribution in [1.82, 2.24) is 24.0 Å². The second-order valence-electron chi connectivity index (χ2n) is 7.84. The quantitative estimate of drug-likeness (QED) is 0.537. The number of fused-ring (bicyclic) bond motifs is 1. The van der Waals surface area contributed by atoms with Crippen molar-refractivity contribution in [2.45, 2.75) is 25.8 Å². The summed E-state index contributed by atoms with van der Waals surface area (Å²) in [5, 5.41) is 6.70. The monoisotopic (exact) mass is 444 g/mol. The van der Waals surface area contributed by atoms with E-state index in [1.165, 1.54) is 11.6 Å². The van der Waals surface area contributed by atoms with Crippen molar-refractivity contribution in [2.75, 3.05) is 18.4 Å². The molecule has 164 valence electrons. The van der Waals surface area contributed by atoms with E-state index in [0.29, 0.717) is 41.8 Å². The van der Waals surface area contributed by atoms with Gasteiger partial charge in [-0.3, -0.25) is 23.3 Å². The van der Waals surface area contributed by atoms with Crippen molar-refractivity contribution >= 4 is 34.6 Å². The summed E-state index contributed by atoms with van der Waals surface area (Å²) in [6, 6.07) is 7.37. The average Bonchev–Trinajstić information content (AvgIpc) is 3.07. The number of carbonyl (C=O) groups is 1. The van der Waals surface area contributed by atoms with Crippen molar-refractivity contribution in [2.24, 2.45) is 20.0 Å². The van der Waals surface area contributed by atoms with Crippen LogP contribution in [-0.4, -0.2) is 37.7 Å². The van der Waals surface area contributed by atoms with Crippen LogP contribution in [-0.2, 0) is 25.4 Å². The second-order valence-corrected chi connectivity index (χ2v) is 8.24. The van der Waals surface area contributed by atoms with Crippen molar-refractivity contribution in [3.8, 4) is 0 Å². The van der Waals surface area contributed by atoms with E-state index in [9.17, 15) is 14.4 Å². The lowest BCUT2D eigenvalue weighted by molar-refractivity contribution is -0.127. The Balaban J connectivity index is 1.66. The third-order valence-corrected chi connectivity index (χ3v) is 6.19. The molecule has 0 bridgehead atoms. The van der Waals surface area contributed by atoms with Crippen molar-refractivity contribution in [3.05, 3.63) is 55.7 Å². The lowest BCUT2D eigenvalue weighted by Gasteiger charge is -2.24. The number of nitrogens with one attached hydrogen (secondary N) is 2. The van der Waals surface area contributed by atoms with Gasteiger partial charge >= 0.3 is 5.69 Å². The maximum absolute atomic E-state index is 12.9. The van der Waals surface area contributed by atoms with E-state index >= 15 is 0 Å². The number of anilines is 1. The molecule has 0 spiro atoms. The molecule has 0 atom stereocenters. The van der Waals surface area contributed by atoms with Gasteiger partial charge < -0.3 is 10.6 Å². The minimum absolute atomic E-state index is 0.0777. The summed E-state index contributed by atoms with van der Waals surface area (Å²) < 4.78 is 4.14. The summed E-state index contributed by atoms with van der Waals surface area (Å²) in [6.45, 7) is 1.17. The van der Waals surface area contributed by atoms with Crippen LogP contribution in [0, 0.1) is 5.92 Å². The molecule has 0 saturated heterocycles. The molecule has 1 aliphatic carbocycles. The molecule has 1 aliphatic rings. The van der Waals surface area contributed by atoms with Crippen LogP contribution in [0.25, 0.3) is 11.2 Å². The molecule has 0 unspecified atom stereocenters. The number of hydrogen-bond donors (Lipinski definition) is 2. The lowest BCUT2D eigenvalue weighted by Crippen LogP contribution is -2.37. The first-order chi connectivity index (χ1) is 14.9. The number of aromatic nitrogens is 4. The molecular weight excluding hydrogens is 420 g/mol. The lowest BCUT2D eigenvalue weighted by atomic mass is 9.85. The number of nitrogens with zero attached hydrogens (tertiary/aromatic N) is 4. The van der Waals surface area contributed by atoms with E-state index in [1.807, 2.05) is 18.2 Å². The van der Waals surface area contributed by atoms with E-state index in [0.717, 1.165) is 29.4 Å². The number of aryl methyl sites for hydroxylation is 1. The third kappa shape index (κ3) is 3.97. The van der Waals surface area contributed by atoms with Gasteiger partial charge in [-0.25, -0.2) is 4.79 Å². The maximum Gasteiger partial charge on any atom is 0.332 e. The molecule has 1 fully saturated rings. The number of benzene rings is 1. The van der Waals surface area contributed by atoms with Crippen molar-refractivity contribution in [1.29, 1.82) is 0 Å². The predicted molar refractivity (Wildman–Crippen MR) is 120 cm³/mol. The maximum atomic E-state index is 12.9. The van der Waals surface area contributed by atoms with Gasteiger partial charge in [-0.15, -0.1) is 0 Å². The summed E-state index contributed by atoms with van der Waals surface area (Å²) in [4.78, 5) is 41.8. The van der Waals surface area contributed by atoms with Gasteiger partial charge in [0.1, 0.15) is 0 Å². The normalized spacial score (nSPS) is 13.9. The van der Waals surface area contributed by atoms with E-state index < -0.39 is 11.2 Å². The van der Waals surface area contributed by atoms with E-state index in [-0.39, 0.29) is 11.8 Å². The van der Waals surface area contributed by atoms with E-state index in [4.69, 9.17) is 11.6 Å². The summed E-state index contributed by atoms with van der Waals surface area (Å²) in [7, 11) is 3.03. The van der Waals surface area contributed by atoms with E-state index in [2.05, 4.69) is 15.6 Å². The molecule has 2 heterocycles. The molecular formula is C21H25ClN6O3. The Morgan fingerprint density at radius 1 is 1.16 bits per heavy atom. The van der Waals surface area contributed by atoms with Crippen LogP contribution in [0.3, 0.4) is 0 Å². The van der Waals surface area contributed by atoms with Crippen LogP contribution in [0.5, 0.6) is 0 Å². The van der Waals surface area contributed by atoms with Crippen LogP contribution >= 0.6 is 11.6 Å². The van der Waals surface area contributed by atoms with Gasteiger partial charge in [0.15, 0.2) is 11.2 Å². The highest BCUT2D eigenvalue weighted by molar-refractivity contribution is 6.31. The minimum Gasteiger partial charge on any atom is -0.354 e. The van der Waals surface area contributed by atoms with Gasteiger partial charge in [-0.1, -0.05) is 36.2 Å². The first kappa shape index (κ1) is 21.2. The predicted octanol–water partition coefficient (Wildman–Crippen LogP) is 1.46. The number of imidazole rings is 1. The van der Waals surface area contributed by atoms with Gasteiger partial charge in [0.25, 0.3) is 5.56 Å². The molecule has 0 radical (unpaired) electrons. The number of halogens is 1. The molecule has 4 rings (SSSR count). The van der Waals surface area contributed by atoms with Gasteiger partial charge in [0, 0.05) is 38.1 Å². The molecule has 0 aliphatic heterocycles. The molecule has 9 nitrogen and oxygen atoms in total. The van der Waals surface area contributed by atoms with Gasteiger partial charge in [0.2, 0.25) is 11.9 Å². The summed E-state index contributed by atoms with van der Waals surface area (Å²) >= 11 is 6.34. The van der Waals surface area contributed by atoms with E-state index in [1.54, 1.807) is 17.7 Å². The molecule has 1 aromatic carbocycles. The summed E-state index contributed by atoms with van der Waals surface area (Å²) in [5.41, 5.74) is 0.551. The first-order valence-electron chi connectivity index (χ1n) is 10.3. The van der Waals surface area contributed by atoms with Crippen LogP contribution < -0.4 is 21.9 Å². The topological polar surface area (TPSA) is 103 Å². The van der Waals surface area contributed by atoms with Gasteiger partial charge in [-0.2, -0.15) is 4.98 Å². The standard InChI is InChI=1S/C21H25ClN6O3/c1-26-17-16(19(30)27(2)21(26)31)28(12-14-6-3-4-9-15(14)22)20(25-17)24-11-10-23-18(29)13-7-5-8-13/h3-4,6,9,13H,5,7-8,10-12H2,1-2H3,(H,23,29)(H,24,25). The van der Waals surface area contributed by atoms with Crippen molar-refractivity contribution in [3.63, 3.8) is 0 Å². The SMILES string of the molecule is Cn1c(=O)c2c(nc(NCCNC(=O)C3CCC3)n2Cc2ccccc2Cl)n(C)c1=O. The van der Waals surface area contributed by atoms with Gasteiger partial charge in [-0.05, 0) is 24.5 Å². The molecule has 31 heavy (non-hydrogen) atoms. The van der Waals surface area contributed by atoms with Gasteiger partial charge in [0.05, 0.1) is 6.54 Å². The Labute approximate surface area is 183 Å². The van der Waals surface area contributed by atoms with Crippen LogP contribution in [0.15, 0.2) is 33.9 Å². The summed E-state index contributed by atoms with van der Waals surface area (Å²) in [6.07, 6.45) is 3.00. The molecule has 1 amide bonds. The Morgan fingerprint density at radius 2 is 1.90 bits per heavy atom. The molecule has 1 saturated carbocycles. The Hall–Kier alpha value is -3.07. The molecule has 2 aromatic heterocycles. The Kier molecular flexibility index (Phi) is 5.86. The highest BCUT2D eigenvalue weighted by Crippen LogP contribution is 2.26. The fraction of sp³-hybridized carbons (Fsp3) is 0.429. The zero-order chi connectivity index (χ0) is 22.1. The largest absolute Gasteiger partial charge is 0.354 e. The van der Waals surface area contributed by atoms with Crippen LogP contribution in [0.2, 0.25) is 5.02 Å². The fourth-order valence-corrected chi connectivity index (χ4v) is 3.90. The Bertz CT molecular complexity index is 1250. The fourth-order valence-electron chi connectivity index (χ4n) is 3.71. The summed E-state index contributed by atoms with van der Waals surface area (Å²) in [5.74, 6) is 0.641. The number of carbonyl (C=O) groups excluding carboxylic acids is 1. The molecule has 2 N–H and O–H groups in total. The zero-order valence-electron chi connectivity index (χ0n) is 17.5. The first-order valence-corrected chi connectivity index (χ1v) is 10.7. The Morgan fingerprint density at radius 3 is 2.58 bits per heavy atom. The number of hydrogen-bond acceptors (Lipinski definition) is 5. The minimum atomic E-state index is -0.445. The van der Waals surface area contributed by atoms with Crippen molar-refractivity contribution < 1.29 is 4.79 Å². The van der Waals surface area contributed by atoms with Crippen LogP contribution in [0.1, 0.15) is 24.8 Å². The smallest absolute Gasteiger partial charge is 0.332 e. The van der Waals surface area contributed by atoms with Crippen LogP contribution in [0.4, 0.5) is 5.95 Å². The number of amides is 1. The average molecular weight is 445 g/mol. The zero-order valence-corrected chi connectivity index (χ0v) is 18.3. The highest BCUT2D eigenvalue weighted by atomic mass is 35.5. The highest BCUT2D eigenvalue weighted by Gasteiger charge is 2.24. The second kappa shape index (κ2) is 8.58. The molecule has 3 aromatic rings. The third-order valence-electron chi connectivity index (χ3n) is 5.82.